The Kier molecular flexibility index (Phi) is 6.90. The lowest BCUT2D eigenvalue weighted by atomic mass is 10.1. The molecule has 1 aliphatic rings. The summed E-state index contributed by atoms with van der Waals surface area (Å²) in [6, 6.07) is 14.2. The van der Waals surface area contributed by atoms with Gasteiger partial charge in [-0.05, 0) is 48.9 Å². The zero-order valence-corrected chi connectivity index (χ0v) is 17.4. The molecule has 0 aliphatic carbocycles. The summed E-state index contributed by atoms with van der Waals surface area (Å²) in [5.41, 5.74) is 2.14. The number of thioether (sulfide) groups is 1. The lowest BCUT2D eigenvalue weighted by Gasteiger charge is -2.21. The fourth-order valence-electron chi connectivity index (χ4n) is 2.51. The Hall–Kier alpha value is -2.84. The number of nitrogens with one attached hydrogen (secondary N) is 2. The summed E-state index contributed by atoms with van der Waals surface area (Å²) in [5, 5.41) is 14.0. The summed E-state index contributed by atoms with van der Waals surface area (Å²) in [6.07, 6.45) is 0.0611. The van der Waals surface area contributed by atoms with Crippen LogP contribution in [0.1, 0.15) is 18.9 Å². The van der Waals surface area contributed by atoms with Gasteiger partial charge < -0.3 is 15.4 Å². The predicted molar refractivity (Wildman–Crippen MR) is 117 cm³/mol. The van der Waals surface area contributed by atoms with Crippen LogP contribution in [0.25, 0.3) is 0 Å². The first-order valence-corrected chi connectivity index (χ1v) is 10.00. The van der Waals surface area contributed by atoms with Gasteiger partial charge in [-0.25, -0.2) is 0 Å². The maximum Gasteiger partial charge on any atom is 0.238 e. The van der Waals surface area contributed by atoms with Crippen LogP contribution in [0.5, 0.6) is 5.75 Å². The minimum Gasteiger partial charge on any atom is -0.497 e. The number of hydrogen-bond donors (Lipinski definition) is 2. The molecule has 1 fully saturated rings. The lowest BCUT2D eigenvalue weighted by molar-refractivity contribution is -0.123. The first-order chi connectivity index (χ1) is 13.9. The number of hydrogen-bond acceptors (Lipinski definition) is 6. The Balaban J connectivity index is 1.67. The van der Waals surface area contributed by atoms with Gasteiger partial charge in [-0.1, -0.05) is 35.5 Å². The largest absolute Gasteiger partial charge is 0.497 e. The third-order valence-corrected chi connectivity index (χ3v) is 5.40. The number of carbonyl (C=O) groups excluding carboxylic acids is 2. The van der Waals surface area contributed by atoms with E-state index >= 15 is 0 Å². The van der Waals surface area contributed by atoms with Crippen LogP contribution in [-0.4, -0.2) is 35.1 Å². The Morgan fingerprint density at radius 3 is 2.55 bits per heavy atom. The minimum absolute atomic E-state index is 0.0611. The molecule has 0 unspecified atom stereocenters. The summed E-state index contributed by atoms with van der Waals surface area (Å²) >= 11 is 7.05. The van der Waals surface area contributed by atoms with Crippen molar-refractivity contribution in [3.63, 3.8) is 0 Å². The van der Waals surface area contributed by atoms with E-state index in [0.717, 1.165) is 17.3 Å². The second kappa shape index (κ2) is 9.58. The van der Waals surface area contributed by atoms with Crippen LogP contribution in [0, 0.1) is 0 Å². The summed E-state index contributed by atoms with van der Waals surface area (Å²) in [4.78, 5) is 24.6. The number of anilines is 1. The minimum atomic E-state index is -0.601. The van der Waals surface area contributed by atoms with E-state index in [2.05, 4.69) is 20.8 Å². The Morgan fingerprint density at radius 2 is 1.90 bits per heavy atom. The highest BCUT2D eigenvalue weighted by Gasteiger charge is 2.30. The summed E-state index contributed by atoms with van der Waals surface area (Å²) in [5.74, 6) is 0.135. The number of benzene rings is 2. The van der Waals surface area contributed by atoms with Crippen molar-refractivity contribution in [2.75, 3.05) is 12.4 Å². The smallest absolute Gasteiger partial charge is 0.238 e. The van der Waals surface area contributed by atoms with E-state index in [1.165, 1.54) is 0 Å². The van der Waals surface area contributed by atoms with Gasteiger partial charge in [0, 0.05) is 17.1 Å². The van der Waals surface area contributed by atoms with Crippen LogP contribution < -0.4 is 15.4 Å². The zero-order chi connectivity index (χ0) is 20.8. The molecule has 3 rings (SSSR count). The van der Waals surface area contributed by atoms with Gasteiger partial charge in [0.1, 0.15) is 11.0 Å². The van der Waals surface area contributed by atoms with E-state index in [4.69, 9.17) is 16.3 Å². The number of ether oxygens (including phenoxy) is 1. The molecule has 2 amide bonds. The van der Waals surface area contributed by atoms with E-state index in [9.17, 15) is 9.59 Å². The Morgan fingerprint density at radius 1 is 1.21 bits per heavy atom. The first-order valence-electron chi connectivity index (χ1n) is 8.74. The number of halogens is 1. The van der Waals surface area contributed by atoms with E-state index in [-0.39, 0.29) is 23.4 Å². The van der Waals surface area contributed by atoms with E-state index in [0.29, 0.717) is 22.2 Å². The standard InChI is InChI=1S/C20H19ClN4O3S/c1-12(13-3-5-14(21)6-4-13)24-25-20-23-18(26)11-17(29-20)19(27)22-15-7-9-16(28-2)10-8-15/h3-10,17H,11H2,1-2H3,(H,22,27)(H,23,25,26)/b24-12+/t17-/m0/s1. The van der Waals surface area contributed by atoms with Crippen molar-refractivity contribution in [3.8, 4) is 5.75 Å². The van der Waals surface area contributed by atoms with Gasteiger partial charge in [0.2, 0.25) is 11.8 Å². The normalized spacial score (nSPS) is 18.3. The second-order valence-corrected chi connectivity index (χ2v) is 7.80. The molecule has 1 saturated heterocycles. The number of carbonyl (C=O) groups is 2. The van der Waals surface area contributed by atoms with Crippen LogP contribution in [0.2, 0.25) is 5.02 Å². The summed E-state index contributed by atoms with van der Waals surface area (Å²) < 4.78 is 5.10. The number of rotatable bonds is 5. The number of amidine groups is 1. The maximum absolute atomic E-state index is 12.6. The molecular weight excluding hydrogens is 412 g/mol. The highest BCUT2D eigenvalue weighted by Crippen LogP contribution is 2.23. The van der Waals surface area contributed by atoms with Crippen LogP contribution >= 0.6 is 23.4 Å². The fraction of sp³-hybridized carbons (Fsp3) is 0.200. The molecule has 29 heavy (non-hydrogen) atoms. The van der Waals surface area contributed by atoms with E-state index in [1.54, 1.807) is 50.4 Å². The molecule has 0 radical (unpaired) electrons. The monoisotopic (exact) mass is 430 g/mol. The molecule has 2 N–H and O–H groups in total. The molecule has 9 heteroatoms. The number of methoxy groups -OCH3 is 1. The molecule has 2 aromatic carbocycles. The van der Waals surface area contributed by atoms with E-state index in [1.807, 2.05) is 12.1 Å². The van der Waals surface area contributed by atoms with Gasteiger partial charge in [-0.3, -0.25) is 9.59 Å². The van der Waals surface area contributed by atoms with Gasteiger partial charge >= 0.3 is 0 Å². The molecule has 7 nitrogen and oxygen atoms in total. The zero-order valence-electron chi connectivity index (χ0n) is 15.8. The quantitative estimate of drug-likeness (QED) is 0.559. The van der Waals surface area contributed by atoms with Crippen LogP contribution in [0.3, 0.4) is 0 Å². The average molecular weight is 431 g/mol. The fourth-order valence-corrected chi connectivity index (χ4v) is 3.56. The lowest BCUT2D eigenvalue weighted by Crippen LogP contribution is -2.41. The molecule has 1 aliphatic heterocycles. The van der Waals surface area contributed by atoms with Gasteiger partial charge in [0.15, 0.2) is 5.17 Å². The van der Waals surface area contributed by atoms with Crippen LogP contribution in [0.15, 0.2) is 58.7 Å². The van der Waals surface area contributed by atoms with Crippen molar-refractivity contribution >= 4 is 51.7 Å². The van der Waals surface area contributed by atoms with Crippen LogP contribution in [0.4, 0.5) is 5.69 Å². The number of nitrogens with zero attached hydrogens (tertiary/aromatic N) is 2. The first kappa shape index (κ1) is 20.9. The van der Waals surface area contributed by atoms with Crippen molar-refractivity contribution in [2.45, 2.75) is 18.6 Å². The molecule has 150 valence electrons. The topological polar surface area (TPSA) is 92.1 Å². The molecule has 1 heterocycles. The Labute approximate surface area is 177 Å². The molecule has 0 bridgehead atoms. The number of amides is 2. The van der Waals surface area contributed by atoms with Crippen molar-refractivity contribution in [1.82, 2.24) is 5.32 Å². The molecule has 2 aromatic rings. The molecular formula is C20H19ClN4O3S. The molecule has 0 aromatic heterocycles. The predicted octanol–water partition coefficient (Wildman–Crippen LogP) is 3.69. The second-order valence-electron chi connectivity index (χ2n) is 6.17. The third-order valence-electron chi connectivity index (χ3n) is 4.07. The maximum atomic E-state index is 12.6. The van der Waals surface area contributed by atoms with Gasteiger partial charge in [0.25, 0.3) is 0 Å². The third kappa shape index (κ3) is 5.82. The summed E-state index contributed by atoms with van der Waals surface area (Å²) in [7, 11) is 1.57. The van der Waals surface area contributed by atoms with Gasteiger partial charge in [-0.15, -0.1) is 5.10 Å². The highest BCUT2D eigenvalue weighted by atomic mass is 35.5. The van der Waals surface area contributed by atoms with Gasteiger partial charge in [0.05, 0.1) is 12.8 Å². The van der Waals surface area contributed by atoms with E-state index < -0.39 is 5.25 Å². The highest BCUT2D eigenvalue weighted by molar-refractivity contribution is 8.15. The Bertz CT molecular complexity index is 959. The SMILES string of the molecule is COc1ccc(NC(=O)[C@@H]2CC(=O)N/C(=N/N=C(\C)c3ccc(Cl)cc3)S2)cc1. The van der Waals surface area contributed by atoms with Crippen molar-refractivity contribution in [2.24, 2.45) is 10.2 Å². The molecule has 1 atom stereocenters. The van der Waals surface area contributed by atoms with Gasteiger partial charge in [-0.2, -0.15) is 5.10 Å². The van der Waals surface area contributed by atoms with Crippen molar-refractivity contribution < 1.29 is 14.3 Å². The van der Waals surface area contributed by atoms with Crippen molar-refractivity contribution in [3.05, 3.63) is 59.1 Å². The summed E-state index contributed by atoms with van der Waals surface area (Å²) in [6.45, 7) is 1.80. The molecule has 0 spiro atoms. The average Bonchev–Trinajstić information content (AvgIpc) is 2.72. The molecule has 0 saturated carbocycles. The van der Waals surface area contributed by atoms with Crippen molar-refractivity contribution in [1.29, 1.82) is 0 Å². The van der Waals surface area contributed by atoms with Crippen LogP contribution in [-0.2, 0) is 9.59 Å².